The smallest absolute Gasteiger partial charge is 0.410 e. The van der Waals surface area contributed by atoms with Gasteiger partial charge in [0.05, 0.1) is 12.6 Å². The van der Waals surface area contributed by atoms with E-state index in [1.807, 2.05) is 24.3 Å². The third-order valence-electron chi connectivity index (χ3n) is 11.8. The molecular weight excluding hydrogens is 767 g/mol. The minimum Gasteiger partial charge on any atom is -0.444 e. The lowest BCUT2D eigenvalue weighted by Gasteiger charge is -2.40. The highest BCUT2D eigenvalue weighted by molar-refractivity contribution is 7.87. The van der Waals surface area contributed by atoms with Crippen LogP contribution >= 0.6 is 0 Å². The molecule has 320 valence electrons. The summed E-state index contributed by atoms with van der Waals surface area (Å²) in [5.41, 5.74) is -0.146. The lowest BCUT2D eigenvalue weighted by atomic mass is 9.92. The first-order valence-corrected chi connectivity index (χ1v) is 22.2. The first-order chi connectivity index (χ1) is 27.5. The zero-order valence-corrected chi connectivity index (χ0v) is 35.4. The molecule has 4 aliphatic heterocycles. The number of nitrogens with one attached hydrogen (secondary N) is 3. The van der Waals surface area contributed by atoms with Gasteiger partial charge in [0.15, 0.2) is 0 Å². The van der Waals surface area contributed by atoms with Crippen molar-refractivity contribution in [2.75, 3.05) is 46.8 Å². The third-order valence-corrected chi connectivity index (χ3v) is 13.2. The topological polar surface area (TPSA) is 187 Å². The number of likely N-dealkylation sites (tertiary alicyclic amines) is 1. The molecule has 6 atom stereocenters. The van der Waals surface area contributed by atoms with Gasteiger partial charge in [-0.1, -0.05) is 55.7 Å². The van der Waals surface area contributed by atoms with Crippen LogP contribution in [0.3, 0.4) is 0 Å². The molecule has 3 fully saturated rings. The molecule has 6 rings (SSSR count). The SMILES string of the molecule is CN(C)S(=O)(=O)NC(=O)[C@@]12C[C@H]1C=CCCCCC[C@H](NC(=O)OC(C)(C)C)C(=O)N1C[C@H](OC(=O)N3CCc4ccccc4C3CN3CCCCC3)C[C@H]1C(=O)N2. The van der Waals surface area contributed by atoms with Crippen molar-refractivity contribution in [3.05, 3.63) is 47.5 Å². The number of alkyl carbamates (subject to hydrolysis) is 1. The van der Waals surface area contributed by atoms with Gasteiger partial charge in [0, 0.05) is 39.5 Å². The van der Waals surface area contributed by atoms with Gasteiger partial charge in [-0.2, -0.15) is 12.7 Å². The van der Waals surface area contributed by atoms with Crippen molar-refractivity contribution < 1.29 is 41.9 Å². The summed E-state index contributed by atoms with van der Waals surface area (Å²) in [7, 11) is -1.61. The number of allylic oxidation sites excluding steroid dienone is 1. The molecule has 16 nitrogen and oxygen atoms in total. The van der Waals surface area contributed by atoms with Crippen molar-refractivity contribution in [3.8, 4) is 0 Å². The minimum atomic E-state index is -4.19. The number of fused-ring (bicyclic) bond motifs is 3. The molecule has 1 aromatic carbocycles. The van der Waals surface area contributed by atoms with Crippen LogP contribution < -0.4 is 15.4 Å². The number of carbonyl (C=O) groups is 5. The zero-order valence-electron chi connectivity index (χ0n) is 34.5. The van der Waals surface area contributed by atoms with Crippen molar-refractivity contribution in [2.45, 2.75) is 127 Å². The Morgan fingerprint density at radius 1 is 1.00 bits per heavy atom. The Morgan fingerprint density at radius 2 is 1.72 bits per heavy atom. The Morgan fingerprint density at radius 3 is 2.45 bits per heavy atom. The summed E-state index contributed by atoms with van der Waals surface area (Å²) < 4.78 is 40.2. The monoisotopic (exact) mass is 827 g/mol. The number of benzene rings is 1. The Balaban J connectivity index is 1.27. The summed E-state index contributed by atoms with van der Waals surface area (Å²) in [5.74, 6) is -2.62. The van der Waals surface area contributed by atoms with Gasteiger partial charge < -0.3 is 29.9 Å². The zero-order chi connectivity index (χ0) is 41.8. The molecule has 0 radical (unpaired) electrons. The van der Waals surface area contributed by atoms with Gasteiger partial charge in [-0.3, -0.25) is 19.3 Å². The van der Waals surface area contributed by atoms with Crippen LogP contribution in [-0.2, 0) is 40.5 Å². The fraction of sp³-hybridized carbons (Fsp3) is 0.683. The first kappa shape index (κ1) is 43.4. The van der Waals surface area contributed by atoms with E-state index in [2.05, 4.69) is 32.4 Å². The molecule has 1 unspecified atom stereocenters. The minimum absolute atomic E-state index is 0.0715. The molecule has 17 heteroatoms. The summed E-state index contributed by atoms with van der Waals surface area (Å²) in [6.45, 7) is 8.03. The van der Waals surface area contributed by atoms with E-state index in [4.69, 9.17) is 9.47 Å². The lowest BCUT2D eigenvalue weighted by Crippen LogP contribution is -2.58. The Kier molecular flexibility index (Phi) is 13.4. The number of hydrogen-bond donors (Lipinski definition) is 3. The van der Waals surface area contributed by atoms with Crippen molar-refractivity contribution in [2.24, 2.45) is 5.92 Å². The van der Waals surface area contributed by atoms with E-state index in [0.29, 0.717) is 32.4 Å². The predicted octanol–water partition coefficient (Wildman–Crippen LogP) is 3.39. The van der Waals surface area contributed by atoms with E-state index < -0.39 is 75.4 Å². The maximum atomic E-state index is 14.6. The second-order valence-electron chi connectivity index (χ2n) is 17.5. The van der Waals surface area contributed by atoms with E-state index in [1.165, 1.54) is 31.0 Å². The molecule has 58 heavy (non-hydrogen) atoms. The van der Waals surface area contributed by atoms with Crippen molar-refractivity contribution in [1.29, 1.82) is 0 Å². The fourth-order valence-corrected chi connectivity index (χ4v) is 9.18. The Hall–Kier alpha value is -4.22. The Labute approximate surface area is 342 Å². The average molecular weight is 828 g/mol. The number of carbonyl (C=O) groups excluding carboxylic acids is 5. The molecule has 1 aliphatic carbocycles. The van der Waals surface area contributed by atoms with E-state index >= 15 is 0 Å². The molecule has 4 heterocycles. The van der Waals surface area contributed by atoms with E-state index in [-0.39, 0.29) is 31.8 Å². The summed E-state index contributed by atoms with van der Waals surface area (Å²) in [4.78, 5) is 75.5. The highest BCUT2D eigenvalue weighted by Gasteiger charge is 2.62. The molecule has 0 spiro atoms. The molecule has 3 N–H and O–H groups in total. The quantitative estimate of drug-likeness (QED) is 0.344. The van der Waals surface area contributed by atoms with E-state index in [1.54, 1.807) is 25.7 Å². The highest BCUT2D eigenvalue weighted by atomic mass is 32.2. The average Bonchev–Trinajstić information content (AvgIpc) is 3.69. The van der Waals surface area contributed by atoms with Crippen molar-refractivity contribution >= 4 is 40.1 Å². The third kappa shape index (κ3) is 10.3. The Bertz CT molecular complexity index is 1840. The van der Waals surface area contributed by atoms with Gasteiger partial charge >= 0.3 is 22.4 Å². The second kappa shape index (κ2) is 18.0. The number of nitrogens with zero attached hydrogens (tertiary/aromatic N) is 4. The summed E-state index contributed by atoms with van der Waals surface area (Å²) >= 11 is 0. The summed E-state index contributed by atoms with van der Waals surface area (Å²) in [6, 6.07) is 5.64. The number of hydrogen-bond acceptors (Lipinski definition) is 10. The van der Waals surface area contributed by atoms with Gasteiger partial charge in [-0.05, 0) is 89.9 Å². The fourth-order valence-electron chi connectivity index (χ4n) is 8.58. The first-order valence-electron chi connectivity index (χ1n) is 20.8. The number of amides is 5. The van der Waals surface area contributed by atoms with Crippen LogP contribution in [-0.4, -0.2) is 133 Å². The van der Waals surface area contributed by atoms with E-state index in [0.717, 1.165) is 48.6 Å². The molecule has 2 saturated heterocycles. The number of ether oxygens (including phenoxy) is 2. The summed E-state index contributed by atoms with van der Waals surface area (Å²) in [6.07, 6.45) is 8.69. The highest BCUT2D eigenvalue weighted by Crippen LogP contribution is 2.46. The standard InChI is InChI=1S/C41H61N7O9S/c1-40(2,3)57-38(52)42-32-19-11-8-6-7-10-17-29-25-41(29,37(51)44-58(54,55)45(4)5)43-35(49)33-24-30(26-48(33)36(32)50)56-39(53)47-23-20-28-16-12-13-18-31(28)34(47)27-46-21-14-9-15-22-46/h10,12-13,16-18,29-30,32-34H,6-9,11,14-15,19-27H2,1-5H3,(H,42,52)(H,43,49)(H,44,51)/t29-,30-,32+,33+,34?,41-/m1/s1. The van der Waals surface area contributed by atoms with Gasteiger partial charge in [0.1, 0.15) is 29.3 Å². The molecule has 0 bridgehead atoms. The van der Waals surface area contributed by atoms with Crippen LogP contribution in [0.25, 0.3) is 0 Å². The van der Waals surface area contributed by atoms with Crippen LogP contribution in [0.4, 0.5) is 9.59 Å². The van der Waals surface area contributed by atoms with Crippen molar-refractivity contribution in [3.63, 3.8) is 0 Å². The number of rotatable bonds is 7. The molecule has 5 amide bonds. The number of piperidine rings is 1. The molecule has 1 aromatic rings. The predicted molar refractivity (Wildman–Crippen MR) is 215 cm³/mol. The maximum Gasteiger partial charge on any atom is 0.410 e. The van der Waals surface area contributed by atoms with Gasteiger partial charge in [-0.25, -0.2) is 14.3 Å². The van der Waals surface area contributed by atoms with Crippen LogP contribution in [0.5, 0.6) is 0 Å². The lowest BCUT2D eigenvalue weighted by molar-refractivity contribution is -0.141. The molecular formula is C41H61N7O9S. The largest absolute Gasteiger partial charge is 0.444 e. The van der Waals surface area contributed by atoms with E-state index in [9.17, 15) is 32.4 Å². The van der Waals surface area contributed by atoms with Crippen molar-refractivity contribution in [1.82, 2.24) is 34.4 Å². The van der Waals surface area contributed by atoms with Crippen LogP contribution in [0.2, 0.25) is 0 Å². The normalized spacial score (nSPS) is 28.6. The molecule has 5 aliphatic rings. The van der Waals surface area contributed by atoms with Gasteiger partial charge in [0.25, 0.3) is 5.91 Å². The van der Waals surface area contributed by atoms with Crippen LogP contribution in [0.15, 0.2) is 36.4 Å². The molecule has 0 aromatic heterocycles. The molecule has 1 saturated carbocycles. The van der Waals surface area contributed by atoms with Gasteiger partial charge in [-0.15, -0.1) is 0 Å². The van der Waals surface area contributed by atoms with Crippen LogP contribution in [0.1, 0.15) is 102 Å². The second-order valence-corrected chi connectivity index (χ2v) is 19.4. The van der Waals surface area contributed by atoms with Gasteiger partial charge in [0.2, 0.25) is 11.8 Å². The summed E-state index contributed by atoms with van der Waals surface area (Å²) in [5, 5.41) is 5.56. The maximum absolute atomic E-state index is 14.6. The van der Waals surface area contributed by atoms with Crippen LogP contribution in [0, 0.1) is 5.92 Å².